The van der Waals surface area contributed by atoms with Crippen molar-refractivity contribution >= 4 is 35.8 Å². The van der Waals surface area contributed by atoms with Gasteiger partial charge < -0.3 is 9.42 Å². The van der Waals surface area contributed by atoms with Crippen LogP contribution in [-0.4, -0.2) is 20.4 Å². The number of para-hydroxylation sites is 2. The first-order valence-corrected chi connectivity index (χ1v) is 11.2. The number of fused-ring (bicyclic) bond motifs is 1. The largest absolute Gasteiger partial charge is 0.346 e. The second-order valence-electron chi connectivity index (χ2n) is 7.01. The van der Waals surface area contributed by atoms with E-state index in [2.05, 4.69) is 55.2 Å². The van der Waals surface area contributed by atoms with Gasteiger partial charge in [-0.25, -0.2) is 4.78 Å². The van der Waals surface area contributed by atoms with Crippen molar-refractivity contribution in [3.05, 3.63) is 71.2 Å². The summed E-state index contributed by atoms with van der Waals surface area (Å²) < 4.78 is 7.86. The van der Waals surface area contributed by atoms with Crippen LogP contribution in [0.5, 0.6) is 0 Å². The van der Waals surface area contributed by atoms with Crippen molar-refractivity contribution in [1.82, 2.24) is 0 Å². The van der Waals surface area contributed by atoms with Gasteiger partial charge in [0, 0.05) is 31.0 Å². The summed E-state index contributed by atoms with van der Waals surface area (Å²) in [5.41, 5.74) is 4.48. The molecule has 1 unspecified atom stereocenters. The highest BCUT2D eigenvalue weighted by Gasteiger charge is 2.46. The predicted molar refractivity (Wildman–Crippen MR) is 114 cm³/mol. The minimum Gasteiger partial charge on any atom is -0.346 e. The van der Waals surface area contributed by atoms with Crippen LogP contribution in [-0.2, 0) is 21.7 Å². The average molecular weight is 383 g/mol. The Labute approximate surface area is 159 Å². The fourth-order valence-corrected chi connectivity index (χ4v) is 6.84. The molecule has 26 heavy (non-hydrogen) atoms. The molecule has 4 nitrogen and oxygen atoms in total. The molecule has 2 aromatic carbocycles. The summed E-state index contributed by atoms with van der Waals surface area (Å²) in [6.07, 6.45) is -0.606. The van der Waals surface area contributed by atoms with Crippen LogP contribution in [0.25, 0.3) is 0 Å². The summed E-state index contributed by atoms with van der Waals surface area (Å²) in [5.74, 6) is 0. The van der Waals surface area contributed by atoms with Crippen molar-refractivity contribution in [1.29, 1.82) is 0 Å². The lowest BCUT2D eigenvalue weighted by atomic mass is 9.84. The maximum atomic E-state index is 6.10. The first kappa shape index (κ1) is 17.5. The van der Waals surface area contributed by atoms with Crippen LogP contribution >= 0.6 is 6.42 Å². The quantitative estimate of drug-likeness (QED) is 0.676. The van der Waals surface area contributed by atoms with Crippen LogP contribution in [0.4, 0.5) is 11.4 Å². The lowest BCUT2D eigenvalue weighted by Crippen LogP contribution is -2.25. The zero-order valence-electron chi connectivity index (χ0n) is 15.4. The topological polar surface area (TPSA) is 28.1 Å². The second-order valence-corrected chi connectivity index (χ2v) is 10.8. The number of rotatable bonds is 2. The Hall–Kier alpha value is -1.94. The van der Waals surface area contributed by atoms with Crippen molar-refractivity contribution < 1.29 is 4.52 Å². The molecule has 0 aromatic heterocycles. The number of benzene rings is 2. The Morgan fingerprint density at radius 3 is 2.35 bits per heavy atom. The van der Waals surface area contributed by atoms with Gasteiger partial charge in [0.15, 0.2) is 0 Å². The maximum Gasteiger partial charge on any atom is 0.209 e. The molecule has 2 heterocycles. The van der Waals surface area contributed by atoms with Gasteiger partial charge in [-0.2, -0.15) is 5.10 Å². The van der Waals surface area contributed by atoms with Gasteiger partial charge in [-0.05, 0) is 35.6 Å². The molecule has 6 heteroatoms. The number of anilines is 2. The average Bonchev–Trinajstić information content (AvgIpc) is 3.09. The predicted octanol–water partition coefficient (Wildman–Crippen LogP) is 5.09. The van der Waals surface area contributed by atoms with Gasteiger partial charge in [0.2, 0.25) is 6.42 Å². The zero-order valence-corrected chi connectivity index (χ0v) is 17.1. The third kappa shape index (κ3) is 2.31. The van der Waals surface area contributed by atoms with E-state index in [1.807, 2.05) is 41.3 Å². The summed E-state index contributed by atoms with van der Waals surface area (Å²) >= 11 is 6.10. The third-order valence-corrected chi connectivity index (χ3v) is 8.95. The molecule has 0 saturated heterocycles. The van der Waals surface area contributed by atoms with Crippen molar-refractivity contribution in [3.8, 4) is 0 Å². The van der Waals surface area contributed by atoms with E-state index in [-0.39, 0.29) is 5.41 Å². The number of hydrogen-bond donors (Lipinski definition) is 0. The zero-order chi connectivity index (χ0) is 18.5. The standard InChI is InChI=1S/C20H22N3OPS/c1-20(2)16-12-8-9-13-17(16)22(3)19(20)18-14-21-23(25(18,26)24-4)15-10-6-5-7-11-15/h5-14H,1-4H3/b19-18+. The molecule has 0 fully saturated rings. The van der Waals surface area contributed by atoms with Crippen LogP contribution in [0, 0.1) is 0 Å². The monoisotopic (exact) mass is 383 g/mol. The smallest absolute Gasteiger partial charge is 0.209 e. The number of likely N-dealkylation sites (N-methyl/N-ethyl adjacent to an activating group) is 1. The van der Waals surface area contributed by atoms with Crippen LogP contribution in [0.1, 0.15) is 19.4 Å². The molecule has 134 valence electrons. The normalized spacial score (nSPS) is 26.5. The first-order valence-electron chi connectivity index (χ1n) is 8.55. The fraction of sp³-hybridized carbons (Fsp3) is 0.250. The SMILES string of the molecule is COP1(=S)/C(=C2/N(C)c3ccccc3C2(C)C)C=NN1c1ccccc1. The van der Waals surface area contributed by atoms with Crippen LogP contribution < -0.4 is 9.68 Å². The fourth-order valence-electron chi connectivity index (χ4n) is 3.96. The van der Waals surface area contributed by atoms with Crippen molar-refractivity contribution in [2.24, 2.45) is 5.10 Å². The molecule has 0 amide bonds. The molecule has 0 aliphatic carbocycles. The molecular formula is C20H22N3OPS. The number of allylic oxidation sites excluding steroid dienone is 2. The van der Waals surface area contributed by atoms with Gasteiger partial charge in [0.25, 0.3) is 0 Å². The van der Waals surface area contributed by atoms with E-state index < -0.39 is 6.42 Å². The Bertz CT molecular complexity index is 968. The van der Waals surface area contributed by atoms with Crippen molar-refractivity contribution in [3.63, 3.8) is 0 Å². The van der Waals surface area contributed by atoms with Gasteiger partial charge in [0.05, 0.1) is 17.2 Å². The minimum atomic E-state index is -2.51. The summed E-state index contributed by atoms with van der Waals surface area (Å²) in [6.45, 7) is 4.48. The summed E-state index contributed by atoms with van der Waals surface area (Å²) in [7, 11) is 3.80. The number of hydrazone groups is 1. The Kier molecular flexibility index (Phi) is 4.07. The lowest BCUT2D eigenvalue weighted by Gasteiger charge is -2.32. The van der Waals surface area contributed by atoms with E-state index in [1.165, 1.54) is 16.9 Å². The van der Waals surface area contributed by atoms with Crippen molar-refractivity contribution in [2.45, 2.75) is 19.3 Å². The molecular weight excluding hydrogens is 361 g/mol. The third-order valence-electron chi connectivity index (χ3n) is 5.19. The highest BCUT2D eigenvalue weighted by molar-refractivity contribution is 8.15. The lowest BCUT2D eigenvalue weighted by molar-refractivity contribution is 0.462. The van der Waals surface area contributed by atoms with Crippen LogP contribution in [0.15, 0.2) is 70.7 Å². The molecule has 1 atom stereocenters. The summed E-state index contributed by atoms with van der Waals surface area (Å²) in [5, 5.41) is 5.68. The molecule has 2 aliphatic heterocycles. The molecule has 0 saturated carbocycles. The Morgan fingerprint density at radius 2 is 1.69 bits per heavy atom. The molecule has 0 bridgehead atoms. The second kappa shape index (κ2) is 6.05. The Balaban J connectivity index is 1.91. The van der Waals surface area contributed by atoms with E-state index in [4.69, 9.17) is 16.3 Å². The molecule has 0 N–H and O–H groups in total. The highest BCUT2D eigenvalue weighted by Crippen LogP contribution is 2.65. The van der Waals surface area contributed by atoms with Crippen LogP contribution in [0.3, 0.4) is 0 Å². The van der Waals surface area contributed by atoms with E-state index in [0.29, 0.717) is 0 Å². The van der Waals surface area contributed by atoms with E-state index >= 15 is 0 Å². The van der Waals surface area contributed by atoms with E-state index in [9.17, 15) is 0 Å². The minimum absolute atomic E-state index is 0.165. The molecule has 2 aliphatic rings. The van der Waals surface area contributed by atoms with Gasteiger partial charge in [0.1, 0.15) is 0 Å². The van der Waals surface area contributed by atoms with Gasteiger partial charge in [-0.1, -0.05) is 50.2 Å². The molecule has 0 radical (unpaired) electrons. The summed E-state index contributed by atoms with van der Waals surface area (Å²) in [6, 6.07) is 18.5. The summed E-state index contributed by atoms with van der Waals surface area (Å²) in [4.78, 5) is 2.24. The van der Waals surface area contributed by atoms with Crippen molar-refractivity contribution in [2.75, 3.05) is 23.8 Å². The number of nitrogens with zero attached hydrogens (tertiary/aromatic N) is 3. The van der Waals surface area contributed by atoms with E-state index in [1.54, 1.807) is 7.11 Å². The number of hydrogen-bond acceptors (Lipinski definition) is 4. The van der Waals surface area contributed by atoms with Gasteiger partial charge >= 0.3 is 0 Å². The van der Waals surface area contributed by atoms with Crippen LogP contribution in [0.2, 0.25) is 0 Å². The Morgan fingerprint density at radius 1 is 1.04 bits per heavy atom. The van der Waals surface area contributed by atoms with Gasteiger partial charge in [-0.15, -0.1) is 0 Å². The maximum absolute atomic E-state index is 6.10. The molecule has 2 aromatic rings. The molecule has 4 rings (SSSR count). The highest BCUT2D eigenvalue weighted by atomic mass is 32.4. The van der Waals surface area contributed by atoms with Gasteiger partial charge in [-0.3, -0.25) is 0 Å². The molecule has 0 spiro atoms. The first-order chi connectivity index (χ1) is 12.4. The van der Waals surface area contributed by atoms with E-state index in [0.717, 1.165) is 11.0 Å².